The van der Waals surface area contributed by atoms with Crippen LogP contribution in [0.25, 0.3) is 0 Å². The van der Waals surface area contributed by atoms with Gasteiger partial charge in [0.1, 0.15) is 0 Å². The number of amides is 2. The Hall–Kier alpha value is -1.42. The van der Waals surface area contributed by atoms with Crippen LogP contribution in [0.3, 0.4) is 0 Å². The third-order valence-electron chi connectivity index (χ3n) is 4.40. The molecular weight excluding hydrogens is 240 g/mol. The van der Waals surface area contributed by atoms with E-state index in [-0.39, 0.29) is 29.7 Å². The fraction of sp³-hybridized carbons (Fsp3) is 0.600. The number of likely N-dealkylation sites (N-methyl/N-ethyl adjacent to an activating group) is 1. The van der Waals surface area contributed by atoms with E-state index in [0.29, 0.717) is 6.42 Å². The summed E-state index contributed by atoms with van der Waals surface area (Å²) in [6.45, 7) is 9.72. The van der Waals surface area contributed by atoms with Crippen molar-refractivity contribution in [2.24, 2.45) is 11.8 Å². The normalized spacial score (nSPS) is 30.6. The molecule has 0 N–H and O–H groups in total. The Kier molecular flexibility index (Phi) is 3.90. The molecule has 0 saturated carbocycles. The highest BCUT2D eigenvalue weighted by Crippen LogP contribution is 2.39. The minimum Gasteiger partial charge on any atom is -0.297 e. The molecule has 0 bridgehead atoms. The van der Waals surface area contributed by atoms with Crippen molar-refractivity contribution in [1.29, 1.82) is 0 Å². The second-order valence-electron chi connectivity index (χ2n) is 5.23. The van der Waals surface area contributed by atoms with Gasteiger partial charge < -0.3 is 0 Å². The summed E-state index contributed by atoms with van der Waals surface area (Å²) in [7, 11) is 1.59. The summed E-state index contributed by atoms with van der Waals surface area (Å²) < 4.78 is 0. The van der Waals surface area contributed by atoms with Gasteiger partial charge in [0.15, 0.2) is 0 Å². The van der Waals surface area contributed by atoms with Crippen molar-refractivity contribution in [3.8, 4) is 0 Å². The van der Waals surface area contributed by atoms with Gasteiger partial charge in [-0.3, -0.25) is 19.4 Å². The topological polar surface area (TPSA) is 40.6 Å². The van der Waals surface area contributed by atoms with Crippen molar-refractivity contribution in [3.05, 3.63) is 24.3 Å². The number of fused-ring (bicyclic) bond motifs is 1. The zero-order valence-electron chi connectivity index (χ0n) is 11.9. The highest BCUT2D eigenvalue weighted by atomic mass is 16.2. The van der Waals surface area contributed by atoms with Crippen LogP contribution in [0.1, 0.15) is 20.3 Å². The van der Waals surface area contributed by atoms with Gasteiger partial charge in [-0.1, -0.05) is 38.2 Å². The Morgan fingerprint density at radius 2 is 2.00 bits per heavy atom. The third kappa shape index (κ3) is 2.14. The lowest BCUT2D eigenvalue weighted by Gasteiger charge is -2.36. The number of carbonyl (C=O) groups excluding carboxylic acids is 2. The van der Waals surface area contributed by atoms with Crippen LogP contribution in [-0.4, -0.2) is 47.8 Å². The summed E-state index contributed by atoms with van der Waals surface area (Å²) in [6.07, 6.45) is 4.56. The molecule has 1 aliphatic carbocycles. The highest BCUT2D eigenvalue weighted by Gasteiger charge is 2.51. The van der Waals surface area contributed by atoms with Crippen LogP contribution in [0.15, 0.2) is 24.3 Å². The number of likely N-dealkylation sites (tertiary alicyclic amines) is 1. The van der Waals surface area contributed by atoms with Crippen LogP contribution in [0.5, 0.6) is 0 Å². The maximum Gasteiger partial charge on any atom is 0.234 e. The molecule has 4 nitrogen and oxygen atoms in total. The number of hydrogen-bond acceptors (Lipinski definition) is 3. The van der Waals surface area contributed by atoms with E-state index in [1.165, 1.54) is 4.90 Å². The van der Waals surface area contributed by atoms with E-state index >= 15 is 0 Å². The second-order valence-corrected chi connectivity index (χ2v) is 5.23. The summed E-state index contributed by atoms with van der Waals surface area (Å²) in [4.78, 5) is 28.0. The smallest absolute Gasteiger partial charge is 0.234 e. The molecule has 2 rings (SSSR count). The van der Waals surface area contributed by atoms with E-state index < -0.39 is 0 Å². The summed E-state index contributed by atoms with van der Waals surface area (Å²) in [5, 5.41) is 0. The zero-order chi connectivity index (χ0) is 14.2. The number of allylic oxidation sites excluding steroid dienone is 2. The SMILES string of the molecule is C=CC1=C[C@@H](N(CC)CC)[C@H]2C(=O)N(C)C(=O)[C@H]2C1. The van der Waals surface area contributed by atoms with E-state index in [9.17, 15) is 9.59 Å². The van der Waals surface area contributed by atoms with Crippen molar-refractivity contribution in [1.82, 2.24) is 9.80 Å². The van der Waals surface area contributed by atoms with Crippen LogP contribution in [0.2, 0.25) is 0 Å². The molecule has 0 radical (unpaired) electrons. The summed E-state index contributed by atoms with van der Waals surface area (Å²) in [6, 6.07) is 0.0168. The van der Waals surface area contributed by atoms with Crippen LogP contribution < -0.4 is 0 Å². The lowest BCUT2D eigenvalue weighted by Crippen LogP contribution is -2.46. The van der Waals surface area contributed by atoms with Crippen molar-refractivity contribution in [3.63, 3.8) is 0 Å². The Bertz CT molecular complexity index is 437. The van der Waals surface area contributed by atoms with E-state index in [4.69, 9.17) is 0 Å². The molecule has 1 heterocycles. The number of imide groups is 1. The monoisotopic (exact) mass is 262 g/mol. The van der Waals surface area contributed by atoms with Crippen molar-refractivity contribution < 1.29 is 9.59 Å². The lowest BCUT2D eigenvalue weighted by molar-refractivity contribution is -0.138. The van der Waals surface area contributed by atoms with Crippen molar-refractivity contribution in [2.75, 3.05) is 20.1 Å². The quantitative estimate of drug-likeness (QED) is 0.720. The number of nitrogens with zero attached hydrogens (tertiary/aromatic N) is 2. The molecular formula is C15H22N2O2. The molecule has 19 heavy (non-hydrogen) atoms. The summed E-state index contributed by atoms with van der Waals surface area (Å²) >= 11 is 0. The maximum absolute atomic E-state index is 12.3. The largest absolute Gasteiger partial charge is 0.297 e. The first kappa shape index (κ1) is 14.0. The predicted molar refractivity (Wildman–Crippen MR) is 74.4 cm³/mol. The molecule has 0 aromatic carbocycles. The number of carbonyl (C=O) groups is 2. The van der Waals surface area contributed by atoms with E-state index in [1.807, 2.05) is 6.08 Å². The molecule has 0 unspecified atom stereocenters. The van der Waals surface area contributed by atoms with Crippen LogP contribution in [0.4, 0.5) is 0 Å². The number of hydrogen-bond donors (Lipinski definition) is 0. The van der Waals surface area contributed by atoms with Crippen molar-refractivity contribution in [2.45, 2.75) is 26.3 Å². The molecule has 2 aliphatic rings. The highest BCUT2D eigenvalue weighted by molar-refractivity contribution is 6.05. The van der Waals surface area contributed by atoms with Gasteiger partial charge in [-0.25, -0.2) is 0 Å². The van der Waals surface area contributed by atoms with Crippen molar-refractivity contribution >= 4 is 11.8 Å². The predicted octanol–water partition coefficient (Wildman–Crippen LogP) is 1.44. The molecule has 0 spiro atoms. The van der Waals surface area contributed by atoms with E-state index in [1.54, 1.807) is 7.05 Å². The first-order valence-electron chi connectivity index (χ1n) is 6.93. The molecule has 2 amide bonds. The van der Waals surface area contributed by atoms with Gasteiger partial charge in [0.25, 0.3) is 0 Å². The van der Waals surface area contributed by atoms with Gasteiger partial charge in [0.05, 0.1) is 11.8 Å². The Balaban J connectivity index is 2.41. The lowest BCUT2D eigenvalue weighted by atomic mass is 9.77. The molecule has 104 valence electrons. The average Bonchev–Trinajstić information content (AvgIpc) is 2.65. The molecule has 1 saturated heterocycles. The second kappa shape index (κ2) is 5.29. The maximum atomic E-state index is 12.3. The Morgan fingerprint density at radius 1 is 1.37 bits per heavy atom. The third-order valence-corrected chi connectivity index (χ3v) is 4.40. The minimum absolute atomic E-state index is 0.0168. The van der Waals surface area contributed by atoms with Gasteiger partial charge in [0, 0.05) is 13.1 Å². The first-order valence-corrected chi connectivity index (χ1v) is 6.93. The standard InChI is InChI=1S/C15H22N2O2/c1-5-10-8-11-13(15(19)16(4)14(11)18)12(9-10)17(6-2)7-3/h5,9,11-13H,1,6-8H2,2-4H3/t11-,12+,13-/m0/s1. The Morgan fingerprint density at radius 3 is 2.53 bits per heavy atom. The zero-order valence-corrected chi connectivity index (χ0v) is 11.9. The van der Waals surface area contributed by atoms with Crippen LogP contribution in [0, 0.1) is 11.8 Å². The first-order chi connectivity index (χ1) is 9.04. The van der Waals surface area contributed by atoms with Gasteiger partial charge in [-0.2, -0.15) is 0 Å². The molecule has 1 aliphatic heterocycles. The number of rotatable bonds is 4. The summed E-state index contributed by atoms with van der Waals surface area (Å²) in [5.74, 6) is -0.506. The molecule has 0 aromatic heterocycles. The van der Waals surface area contributed by atoms with Crippen LogP contribution in [-0.2, 0) is 9.59 Å². The fourth-order valence-electron chi connectivity index (χ4n) is 3.28. The average molecular weight is 262 g/mol. The molecule has 3 atom stereocenters. The van der Waals surface area contributed by atoms with Gasteiger partial charge in [0.2, 0.25) is 11.8 Å². The van der Waals surface area contributed by atoms with E-state index in [2.05, 4.69) is 31.4 Å². The van der Waals surface area contributed by atoms with Gasteiger partial charge in [-0.05, 0) is 19.5 Å². The summed E-state index contributed by atoms with van der Waals surface area (Å²) in [5.41, 5.74) is 1.08. The minimum atomic E-state index is -0.221. The molecule has 4 heteroatoms. The molecule has 1 fully saturated rings. The molecule has 0 aromatic rings. The van der Waals surface area contributed by atoms with E-state index in [0.717, 1.165) is 18.7 Å². The van der Waals surface area contributed by atoms with Gasteiger partial charge >= 0.3 is 0 Å². The fourth-order valence-corrected chi connectivity index (χ4v) is 3.28. The Labute approximate surface area is 114 Å². The van der Waals surface area contributed by atoms with Gasteiger partial charge in [-0.15, -0.1) is 0 Å². The van der Waals surface area contributed by atoms with Crippen LogP contribution >= 0.6 is 0 Å².